The van der Waals surface area contributed by atoms with Crippen molar-refractivity contribution in [2.45, 2.75) is 72.1 Å². The van der Waals surface area contributed by atoms with E-state index in [9.17, 15) is 4.79 Å². The first-order valence-electron chi connectivity index (χ1n) is 8.23. The fourth-order valence-corrected chi connectivity index (χ4v) is 2.02. The highest BCUT2D eigenvalue weighted by Crippen LogP contribution is 2.19. The first-order valence-corrected chi connectivity index (χ1v) is 8.61. The number of nitriles is 1. The van der Waals surface area contributed by atoms with E-state index in [-0.39, 0.29) is 11.7 Å². The van der Waals surface area contributed by atoms with E-state index >= 15 is 0 Å². The second-order valence-corrected chi connectivity index (χ2v) is 7.83. The Hall–Kier alpha value is -1.33. The lowest BCUT2D eigenvalue weighted by molar-refractivity contribution is -0.120. The van der Waals surface area contributed by atoms with Crippen molar-refractivity contribution in [3.63, 3.8) is 0 Å². The predicted octanol–water partition coefficient (Wildman–Crippen LogP) is 6.13. The Kier molecular flexibility index (Phi) is 9.84. The van der Waals surface area contributed by atoms with Crippen LogP contribution in [0.3, 0.4) is 0 Å². The average Bonchev–Trinajstić information content (AvgIpc) is 2.43. The summed E-state index contributed by atoms with van der Waals surface area (Å²) in [5.41, 5.74) is 3.28. The van der Waals surface area contributed by atoms with Crippen molar-refractivity contribution in [2.75, 3.05) is 0 Å². The van der Waals surface area contributed by atoms with Crippen LogP contribution in [0.4, 0.5) is 0 Å². The number of hydrogen-bond donors (Lipinski definition) is 0. The fourth-order valence-electron chi connectivity index (χ4n) is 1.93. The van der Waals surface area contributed by atoms with Gasteiger partial charge in [0.25, 0.3) is 0 Å². The maximum Gasteiger partial charge on any atom is 0.153 e. The Balaban J connectivity index is 4.37. The van der Waals surface area contributed by atoms with E-state index < -0.39 is 4.87 Å². The number of carbonyl (C=O) groups is 1. The van der Waals surface area contributed by atoms with Crippen LogP contribution in [0.2, 0.25) is 0 Å². The molecule has 0 spiro atoms. The van der Waals surface area contributed by atoms with Gasteiger partial charge in [0, 0.05) is 12.0 Å². The van der Waals surface area contributed by atoms with Crippen LogP contribution in [0.15, 0.2) is 34.9 Å². The van der Waals surface area contributed by atoms with Gasteiger partial charge >= 0.3 is 0 Å². The predicted molar refractivity (Wildman–Crippen MR) is 99.5 cm³/mol. The van der Waals surface area contributed by atoms with E-state index in [1.807, 2.05) is 26.0 Å². The summed E-state index contributed by atoms with van der Waals surface area (Å²) in [4.78, 5) is 11.0. The first-order chi connectivity index (χ1) is 10.6. The molecule has 0 rings (SSSR count). The molecule has 0 aromatic heterocycles. The Bertz CT molecular complexity index is 525. The highest BCUT2D eigenvalue weighted by atomic mass is 35.5. The standard InChI is InChI=1S/C20H30ClNO/c1-15(2)18(14-22)12-10-16(3)8-7-9-17(4)11-13-19(23)20(5,6)21/h9-10,12,15H,7-8,11,13H2,1-6H3/b16-10+,17-9+,18-12+. The zero-order valence-electron chi connectivity index (χ0n) is 15.4. The molecule has 2 nitrogen and oxygen atoms in total. The van der Waals surface area contributed by atoms with Crippen molar-refractivity contribution >= 4 is 17.4 Å². The average molecular weight is 336 g/mol. The quantitative estimate of drug-likeness (QED) is 0.220. The number of hydrogen-bond acceptors (Lipinski definition) is 2. The summed E-state index contributed by atoms with van der Waals surface area (Å²) in [5.74, 6) is 0.348. The molecule has 0 aromatic carbocycles. The molecule has 0 unspecified atom stereocenters. The normalized spacial score (nSPS) is 14.1. The van der Waals surface area contributed by atoms with Gasteiger partial charge in [-0.2, -0.15) is 5.26 Å². The number of alkyl halides is 1. The molecular formula is C20H30ClNO. The number of halogens is 1. The van der Waals surface area contributed by atoms with E-state index in [0.717, 1.165) is 24.8 Å². The van der Waals surface area contributed by atoms with E-state index in [2.05, 4.69) is 26.0 Å². The largest absolute Gasteiger partial charge is 0.298 e. The van der Waals surface area contributed by atoms with Gasteiger partial charge in [0.05, 0.1) is 10.9 Å². The maximum absolute atomic E-state index is 11.8. The minimum Gasteiger partial charge on any atom is -0.298 e. The summed E-state index contributed by atoms with van der Waals surface area (Å²) >= 11 is 6.00. The highest BCUT2D eigenvalue weighted by molar-refractivity contribution is 6.34. The van der Waals surface area contributed by atoms with Gasteiger partial charge < -0.3 is 0 Å². The molecule has 0 N–H and O–H groups in total. The molecule has 0 saturated carbocycles. The molecule has 0 radical (unpaired) electrons. The summed E-state index contributed by atoms with van der Waals surface area (Å²) in [6.45, 7) is 11.7. The second-order valence-electron chi connectivity index (χ2n) is 6.89. The van der Waals surface area contributed by atoms with Crippen molar-refractivity contribution in [3.8, 4) is 6.07 Å². The molecule has 0 aliphatic rings. The number of ketones is 1. The summed E-state index contributed by atoms with van der Waals surface area (Å²) in [5, 5.41) is 9.03. The lowest BCUT2D eigenvalue weighted by Gasteiger charge is -2.13. The minimum atomic E-state index is -0.763. The number of Topliss-reactive ketones (excluding diaryl/α,β-unsaturated/α-hetero) is 1. The molecule has 3 heteroatoms. The Morgan fingerprint density at radius 1 is 1.13 bits per heavy atom. The molecular weight excluding hydrogens is 306 g/mol. The van der Waals surface area contributed by atoms with Gasteiger partial charge in [-0.1, -0.05) is 37.1 Å². The summed E-state index contributed by atoms with van der Waals surface area (Å²) < 4.78 is 0. The molecule has 23 heavy (non-hydrogen) atoms. The summed E-state index contributed by atoms with van der Waals surface area (Å²) in [6, 6.07) is 2.23. The lowest BCUT2D eigenvalue weighted by Crippen LogP contribution is -2.24. The first kappa shape index (κ1) is 21.7. The van der Waals surface area contributed by atoms with Gasteiger partial charge in [-0.25, -0.2) is 0 Å². The summed E-state index contributed by atoms with van der Waals surface area (Å²) in [6.07, 6.45) is 9.30. The smallest absolute Gasteiger partial charge is 0.153 e. The van der Waals surface area contributed by atoms with Crippen molar-refractivity contribution in [2.24, 2.45) is 5.92 Å². The van der Waals surface area contributed by atoms with Crippen LogP contribution >= 0.6 is 11.6 Å². The SMILES string of the molecule is C/C(=C\C=C(/C#N)C(C)C)CC/C=C(\C)CCC(=O)C(C)(C)Cl. The molecule has 0 heterocycles. The van der Waals surface area contributed by atoms with Gasteiger partial charge in [-0.3, -0.25) is 4.79 Å². The molecule has 0 saturated heterocycles. The molecule has 0 aliphatic carbocycles. The molecule has 128 valence electrons. The van der Waals surface area contributed by atoms with Crippen molar-refractivity contribution in [1.29, 1.82) is 5.26 Å². The maximum atomic E-state index is 11.8. The monoisotopic (exact) mass is 335 g/mol. The molecule has 0 aromatic rings. The summed E-state index contributed by atoms with van der Waals surface area (Å²) in [7, 11) is 0. The number of allylic oxidation sites excluding steroid dienone is 6. The number of rotatable bonds is 9. The van der Waals surface area contributed by atoms with Crippen LogP contribution in [0, 0.1) is 17.2 Å². The van der Waals surface area contributed by atoms with Crippen LogP contribution in [-0.4, -0.2) is 10.7 Å². The number of carbonyl (C=O) groups excluding carboxylic acids is 1. The Labute approximate surface area is 146 Å². The van der Waals surface area contributed by atoms with Gasteiger partial charge in [-0.15, -0.1) is 11.6 Å². The zero-order valence-corrected chi connectivity index (χ0v) is 16.1. The fraction of sp³-hybridized carbons (Fsp3) is 0.600. The van der Waals surface area contributed by atoms with Crippen LogP contribution < -0.4 is 0 Å². The van der Waals surface area contributed by atoms with Crippen LogP contribution in [0.5, 0.6) is 0 Å². The van der Waals surface area contributed by atoms with Gasteiger partial charge in [-0.05, 0) is 59.0 Å². The van der Waals surface area contributed by atoms with Crippen LogP contribution in [-0.2, 0) is 4.79 Å². The second kappa shape index (κ2) is 10.4. The highest BCUT2D eigenvalue weighted by Gasteiger charge is 2.23. The van der Waals surface area contributed by atoms with E-state index in [4.69, 9.17) is 16.9 Å². The van der Waals surface area contributed by atoms with Gasteiger partial charge in [0.2, 0.25) is 0 Å². The molecule has 0 fully saturated rings. The molecule has 0 aliphatic heterocycles. The van der Waals surface area contributed by atoms with Gasteiger partial charge in [0.1, 0.15) is 0 Å². The molecule has 0 atom stereocenters. The van der Waals surface area contributed by atoms with Crippen molar-refractivity contribution < 1.29 is 4.79 Å². The molecule has 0 amide bonds. The van der Waals surface area contributed by atoms with Crippen molar-refractivity contribution in [3.05, 3.63) is 34.9 Å². The van der Waals surface area contributed by atoms with E-state index in [0.29, 0.717) is 6.42 Å². The van der Waals surface area contributed by atoms with E-state index in [1.54, 1.807) is 13.8 Å². The van der Waals surface area contributed by atoms with Crippen molar-refractivity contribution in [1.82, 2.24) is 0 Å². The number of nitrogens with zero attached hydrogens (tertiary/aromatic N) is 1. The lowest BCUT2D eigenvalue weighted by atomic mass is 10.00. The Morgan fingerprint density at radius 3 is 2.22 bits per heavy atom. The topological polar surface area (TPSA) is 40.9 Å². The van der Waals surface area contributed by atoms with E-state index in [1.165, 1.54) is 11.1 Å². The van der Waals surface area contributed by atoms with Crippen LogP contribution in [0.1, 0.15) is 67.2 Å². The third kappa shape index (κ3) is 10.1. The Morgan fingerprint density at radius 2 is 1.74 bits per heavy atom. The third-order valence-corrected chi connectivity index (χ3v) is 3.95. The minimum absolute atomic E-state index is 0.0887. The third-order valence-electron chi connectivity index (χ3n) is 3.74. The van der Waals surface area contributed by atoms with Gasteiger partial charge in [0.15, 0.2) is 5.78 Å². The molecule has 0 bridgehead atoms. The zero-order chi connectivity index (χ0) is 18.0. The van der Waals surface area contributed by atoms with Crippen LogP contribution in [0.25, 0.3) is 0 Å².